The maximum Gasteiger partial charge on any atom is 0.257 e. The summed E-state index contributed by atoms with van der Waals surface area (Å²) < 4.78 is 0. The van der Waals surface area contributed by atoms with E-state index in [1.165, 1.54) is 11.8 Å². The molecular weight excluding hydrogens is 290 g/mol. The first kappa shape index (κ1) is 15.4. The van der Waals surface area contributed by atoms with Crippen LogP contribution in [0, 0.1) is 12.8 Å². The molecule has 0 radical (unpaired) electrons. The van der Waals surface area contributed by atoms with Crippen molar-refractivity contribution in [3.8, 4) is 0 Å². The third kappa shape index (κ3) is 3.64. The van der Waals surface area contributed by atoms with Gasteiger partial charge in [0.2, 0.25) is 5.95 Å². The van der Waals surface area contributed by atoms with E-state index in [0.29, 0.717) is 17.2 Å². The summed E-state index contributed by atoms with van der Waals surface area (Å²) in [6.45, 7) is 3.33. The molecule has 0 atom stereocenters. The minimum Gasteiger partial charge on any atom is -0.368 e. The number of pyridine rings is 1. The molecule has 0 aromatic carbocycles. The first-order valence-electron chi connectivity index (χ1n) is 7.91. The Morgan fingerprint density at radius 1 is 1.35 bits per heavy atom. The van der Waals surface area contributed by atoms with Crippen molar-refractivity contribution >= 4 is 11.9 Å². The van der Waals surface area contributed by atoms with Crippen molar-refractivity contribution in [2.45, 2.75) is 26.2 Å². The molecule has 0 saturated carbocycles. The Morgan fingerprint density at radius 3 is 2.78 bits per heavy atom. The van der Waals surface area contributed by atoms with Gasteiger partial charge in [-0.15, -0.1) is 0 Å². The van der Waals surface area contributed by atoms with Gasteiger partial charge in [0, 0.05) is 31.7 Å². The van der Waals surface area contributed by atoms with E-state index in [1.54, 1.807) is 13.1 Å². The monoisotopic (exact) mass is 311 g/mol. The highest BCUT2D eigenvalue weighted by molar-refractivity contribution is 5.95. The summed E-state index contributed by atoms with van der Waals surface area (Å²) in [5, 5.41) is 0. The number of carbonyl (C=O) groups is 1. The second-order valence-electron chi connectivity index (χ2n) is 6.03. The van der Waals surface area contributed by atoms with E-state index in [4.69, 9.17) is 5.73 Å². The fraction of sp³-hybridized carbons (Fsp3) is 0.412. The van der Waals surface area contributed by atoms with E-state index in [-0.39, 0.29) is 11.9 Å². The van der Waals surface area contributed by atoms with E-state index in [1.807, 2.05) is 17.2 Å². The molecule has 6 heteroatoms. The number of nitrogens with two attached hydrogens (primary N) is 1. The molecule has 2 aromatic heterocycles. The Balaban J connectivity index is 1.59. The van der Waals surface area contributed by atoms with Gasteiger partial charge in [-0.2, -0.15) is 0 Å². The predicted octanol–water partition coefficient (Wildman–Crippen LogP) is 1.86. The first-order chi connectivity index (χ1) is 11.1. The SMILES string of the molecule is Cc1nc(N)ncc1C(=O)N1CCC(Cc2cccnc2)CC1. The lowest BCUT2D eigenvalue weighted by Gasteiger charge is -2.32. The van der Waals surface area contributed by atoms with Gasteiger partial charge in [0.25, 0.3) is 5.91 Å². The molecule has 0 spiro atoms. The van der Waals surface area contributed by atoms with E-state index in [0.717, 1.165) is 32.4 Å². The molecule has 1 saturated heterocycles. The zero-order chi connectivity index (χ0) is 16.2. The van der Waals surface area contributed by atoms with Gasteiger partial charge >= 0.3 is 0 Å². The van der Waals surface area contributed by atoms with Crippen molar-refractivity contribution in [2.75, 3.05) is 18.8 Å². The lowest BCUT2D eigenvalue weighted by atomic mass is 9.90. The third-order valence-corrected chi connectivity index (χ3v) is 4.38. The summed E-state index contributed by atoms with van der Waals surface area (Å²) in [7, 11) is 0. The quantitative estimate of drug-likeness (QED) is 0.935. The Hall–Kier alpha value is -2.50. The first-order valence-corrected chi connectivity index (χ1v) is 7.91. The third-order valence-electron chi connectivity index (χ3n) is 4.38. The molecule has 2 N–H and O–H groups in total. The Morgan fingerprint density at radius 2 is 2.13 bits per heavy atom. The summed E-state index contributed by atoms with van der Waals surface area (Å²) in [4.78, 5) is 26.7. The van der Waals surface area contributed by atoms with E-state index >= 15 is 0 Å². The van der Waals surface area contributed by atoms with E-state index < -0.39 is 0 Å². The Kier molecular flexibility index (Phi) is 4.50. The van der Waals surface area contributed by atoms with Crippen LogP contribution in [0.15, 0.2) is 30.7 Å². The zero-order valence-corrected chi connectivity index (χ0v) is 13.3. The molecule has 3 rings (SSSR count). The number of nitrogens with zero attached hydrogens (tertiary/aromatic N) is 4. The number of anilines is 1. The normalized spacial score (nSPS) is 15.6. The standard InChI is InChI=1S/C17H21N5O/c1-12-15(11-20-17(18)21-12)16(23)22-7-4-13(5-8-22)9-14-3-2-6-19-10-14/h2-3,6,10-11,13H,4-5,7-9H2,1H3,(H2,18,20,21). The Labute approximate surface area is 135 Å². The molecule has 0 aliphatic carbocycles. The van der Waals surface area contributed by atoms with Crippen LogP contribution in [-0.4, -0.2) is 38.8 Å². The van der Waals surface area contributed by atoms with Gasteiger partial charge in [-0.1, -0.05) is 6.07 Å². The van der Waals surface area contributed by atoms with Crippen molar-refractivity contribution in [2.24, 2.45) is 5.92 Å². The molecule has 1 fully saturated rings. The van der Waals surface area contributed by atoms with Crippen LogP contribution in [-0.2, 0) is 6.42 Å². The number of aromatic nitrogens is 3. The summed E-state index contributed by atoms with van der Waals surface area (Å²) in [5.41, 5.74) is 7.99. The topological polar surface area (TPSA) is 85.0 Å². The predicted molar refractivity (Wildman–Crippen MR) is 87.7 cm³/mol. The van der Waals surface area contributed by atoms with Crippen LogP contribution in [0.5, 0.6) is 0 Å². The highest BCUT2D eigenvalue weighted by Crippen LogP contribution is 2.23. The molecule has 1 aliphatic heterocycles. The van der Waals surface area contributed by atoms with Gasteiger partial charge in [-0.05, 0) is 43.7 Å². The summed E-state index contributed by atoms with van der Waals surface area (Å²) >= 11 is 0. The molecule has 6 nitrogen and oxygen atoms in total. The number of carbonyl (C=O) groups excluding carboxylic acids is 1. The average Bonchev–Trinajstić information content (AvgIpc) is 2.56. The van der Waals surface area contributed by atoms with Gasteiger partial charge in [0.1, 0.15) is 0 Å². The van der Waals surface area contributed by atoms with Crippen LogP contribution in [0.4, 0.5) is 5.95 Å². The van der Waals surface area contributed by atoms with Crippen LogP contribution in [0.3, 0.4) is 0 Å². The van der Waals surface area contributed by atoms with E-state index in [9.17, 15) is 4.79 Å². The molecular formula is C17H21N5O. The number of rotatable bonds is 3. The highest BCUT2D eigenvalue weighted by atomic mass is 16.2. The minimum atomic E-state index is 0.00216. The fourth-order valence-electron chi connectivity index (χ4n) is 3.06. The maximum absolute atomic E-state index is 12.6. The van der Waals surface area contributed by atoms with Crippen molar-refractivity contribution in [1.29, 1.82) is 0 Å². The zero-order valence-electron chi connectivity index (χ0n) is 13.3. The van der Waals surface area contributed by atoms with Crippen LogP contribution in [0.25, 0.3) is 0 Å². The van der Waals surface area contributed by atoms with Gasteiger partial charge in [0.15, 0.2) is 0 Å². The minimum absolute atomic E-state index is 0.00216. The van der Waals surface area contributed by atoms with Crippen molar-refractivity contribution in [3.05, 3.63) is 47.5 Å². The lowest BCUT2D eigenvalue weighted by Crippen LogP contribution is -2.39. The summed E-state index contributed by atoms with van der Waals surface area (Å²) in [6.07, 6.45) is 8.29. The number of hydrogen-bond acceptors (Lipinski definition) is 5. The number of piperidine rings is 1. The van der Waals surface area contributed by atoms with Crippen molar-refractivity contribution < 1.29 is 4.79 Å². The smallest absolute Gasteiger partial charge is 0.257 e. The number of likely N-dealkylation sites (tertiary alicyclic amines) is 1. The second-order valence-corrected chi connectivity index (χ2v) is 6.03. The summed E-state index contributed by atoms with van der Waals surface area (Å²) in [5.74, 6) is 0.809. The van der Waals surface area contributed by atoms with Crippen LogP contribution >= 0.6 is 0 Å². The second kappa shape index (κ2) is 6.73. The number of nitrogen functional groups attached to an aromatic ring is 1. The molecule has 1 aliphatic rings. The molecule has 0 bridgehead atoms. The molecule has 2 aromatic rings. The van der Waals surface area contributed by atoms with Gasteiger partial charge in [-0.25, -0.2) is 9.97 Å². The highest BCUT2D eigenvalue weighted by Gasteiger charge is 2.25. The Bertz CT molecular complexity index is 681. The number of amides is 1. The molecule has 23 heavy (non-hydrogen) atoms. The number of hydrogen-bond donors (Lipinski definition) is 1. The molecule has 0 unspecified atom stereocenters. The van der Waals surface area contributed by atoms with Gasteiger partial charge in [-0.3, -0.25) is 9.78 Å². The average molecular weight is 311 g/mol. The van der Waals surface area contributed by atoms with Crippen molar-refractivity contribution in [1.82, 2.24) is 19.9 Å². The van der Waals surface area contributed by atoms with Crippen LogP contribution in [0.1, 0.15) is 34.5 Å². The van der Waals surface area contributed by atoms with Gasteiger partial charge in [0.05, 0.1) is 11.3 Å². The van der Waals surface area contributed by atoms with Crippen LogP contribution < -0.4 is 5.73 Å². The maximum atomic E-state index is 12.6. The largest absolute Gasteiger partial charge is 0.368 e. The number of aryl methyl sites for hydroxylation is 1. The van der Waals surface area contributed by atoms with E-state index in [2.05, 4.69) is 21.0 Å². The fourth-order valence-corrected chi connectivity index (χ4v) is 3.06. The molecule has 3 heterocycles. The lowest BCUT2D eigenvalue weighted by molar-refractivity contribution is 0.0689. The van der Waals surface area contributed by atoms with Gasteiger partial charge < -0.3 is 10.6 Å². The van der Waals surface area contributed by atoms with Crippen LogP contribution in [0.2, 0.25) is 0 Å². The molecule has 120 valence electrons. The molecule has 1 amide bonds. The van der Waals surface area contributed by atoms with Crippen molar-refractivity contribution in [3.63, 3.8) is 0 Å². The summed E-state index contributed by atoms with van der Waals surface area (Å²) in [6, 6.07) is 4.08.